The molecular weight excluding hydrogens is 342 g/mol. The van der Waals surface area contributed by atoms with Gasteiger partial charge in [0.05, 0.1) is 11.6 Å². The van der Waals surface area contributed by atoms with Crippen LogP contribution in [0.25, 0.3) is 0 Å². The molecule has 3 nitrogen and oxygen atoms in total. The number of aldehydes is 1. The van der Waals surface area contributed by atoms with Gasteiger partial charge in [-0.25, -0.2) is 0 Å². The molecule has 26 heavy (non-hydrogen) atoms. The van der Waals surface area contributed by atoms with Crippen LogP contribution in [0.3, 0.4) is 0 Å². The Bertz CT molecular complexity index is 762. The van der Waals surface area contributed by atoms with Crippen LogP contribution in [0.4, 0.5) is 0 Å². The van der Waals surface area contributed by atoms with Crippen LogP contribution in [-0.4, -0.2) is 22.7 Å². The number of fused-ring (bicyclic) bond motifs is 1. The van der Waals surface area contributed by atoms with Gasteiger partial charge in [-0.15, -0.1) is 11.8 Å². The van der Waals surface area contributed by atoms with E-state index in [9.17, 15) is 9.90 Å². The van der Waals surface area contributed by atoms with E-state index in [1.165, 1.54) is 18.4 Å². The molecule has 0 radical (unpaired) electrons. The third-order valence-corrected chi connectivity index (χ3v) is 6.73. The number of rotatable bonds is 6. The van der Waals surface area contributed by atoms with Gasteiger partial charge in [-0.05, 0) is 36.1 Å². The first-order valence-corrected chi connectivity index (χ1v) is 10.4. The van der Waals surface area contributed by atoms with E-state index >= 15 is 0 Å². The quantitative estimate of drug-likeness (QED) is 0.676. The fourth-order valence-corrected chi connectivity index (χ4v) is 5.04. The molecule has 0 fully saturated rings. The molecule has 138 valence electrons. The number of hydrogen-bond acceptors (Lipinski definition) is 4. The van der Waals surface area contributed by atoms with Crippen LogP contribution < -0.4 is 5.32 Å². The molecule has 0 amide bonds. The average Bonchev–Trinajstić information content (AvgIpc) is 2.84. The standard InChI is InChI=1S/C22H27NO2S/c1-3-5-11-22(4-2)15-26-20-13-19(25)17(14-24)12-18(20)21(23-22)16-9-7-6-8-10-16/h6-10,12-14,21,23,25H,3-5,11,15H2,1-2H3/t21-,22-/m0/s1. The molecule has 2 atom stereocenters. The Morgan fingerprint density at radius 3 is 2.69 bits per heavy atom. The van der Waals surface area contributed by atoms with Crippen molar-refractivity contribution in [1.29, 1.82) is 0 Å². The zero-order chi connectivity index (χ0) is 18.6. The molecule has 0 unspecified atom stereocenters. The highest BCUT2D eigenvalue weighted by atomic mass is 32.2. The summed E-state index contributed by atoms with van der Waals surface area (Å²) >= 11 is 1.78. The van der Waals surface area contributed by atoms with Crippen molar-refractivity contribution >= 4 is 18.0 Å². The molecule has 1 heterocycles. The molecule has 0 saturated carbocycles. The molecule has 4 heteroatoms. The predicted octanol–water partition coefficient (Wildman–Crippen LogP) is 5.33. The number of phenols is 1. The van der Waals surface area contributed by atoms with E-state index in [0.717, 1.165) is 35.3 Å². The Kier molecular flexibility index (Phi) is 6.05. The SMILES string of the molecule is CCCC[C@@]1(CC)CSc2cc(O)c(C=O)cc2[C@H](c2ccccc2)N1. The summed E-state index contributed by atoms with van der Waals surface area (Å²) in [5.41, 5.74) is 2.66. The van der Waals surface area contributed by atoms with Crippen molar-refractivity contribution in [3.8, 4) is 5.75 Å². The summed E-state index contributed by atoms with van der Waals surface area (Å²) in [6.45, 7) is 4.47. The largest absolute Gasteiger partial charge is 0.507 e. The van der Waals surface area contributed by atoms with Crippen molar-refractivity contribution in [3.05, 3.63) is 59.2 Å². The lowest BCUT2D eigenvalue weighted by Gasteiger charge is -2.36. The number of benzene rings is 2. The minimum absolute atomic E-state index is 0.0114. The molecule has 2 aromatic rings. The predicted molar refractivity (Wildman–Crippen MR) is 108 cm³/mol. The number of unbranched alkanes of at least 4 members (excludes halogenated alkanes) is 1. The van der Waals surface area contributed by atoms with Crippen LogP contribution in [0.1, 0.15) is 67.1 Å². The van der Waals surface area contributed by atoms with Crippen LogP contribution in [-0.2, 0) is 0 Å². The maximum absolute atomic E-state index is 11.4. The summed E-state index contributed by atoms with van der Waals surface area (Å²) in [6.07, 6.45) is 5.26. The summed E-state index contributed by atoms with van der Waals surface area (Å²) in [5, 5.41) is 14.1. The number of hydrogen-bond donors (Lipinski definition) is 2. The smallest absolute Gasteiger partial charge is 0.153 e. The molecule has 0 bridgehead atoms. The summed E-state index contributed by atoms with van der Waals surface area (Å²) in [4.78, 5) is 12.4. The second-order valence-electron chi connectivity index (χ2n) is 7.08. The van der Waals surface area contributed by atoms with Gasteiger partial charge in [-0.1, -0.05) is 57.0 Å². The number of aromatic hydroxyl groups is 1. The molecular formula is C22H27NO2S. The molecule has 0 saturated heterocycles. The van der Waals surface area contributed by atoms with E-state index < -0.39 is 0 Å². The summed E-state index contributed by atoms with van der Waals surface area (Å²) in [6, 6.07) is 14.0. The zero-order valence-corrected chi connectivity index (χ0v) is 16.3. The Balaban J connectivity index is 2.11. The second kappa shape index (κ2) is 8.28. The van der Waals surface area contributed by atoms with Crippen molar-refractivity contribution < 1.29 is 9.90 Å². The average molecular weight is 370 g/mol. The Labute approximate surface area is 160 Å². The summed E-state index contributed by atoms with van der Waals surface area (Å²) in [7, 11) is 0. The highest BCUT2D eigenvalue weighted by Gasteiger charge is 2.35. The maximum Gasteiger partial charge on any atom is 0.153 e. The van der Waals surface area contributed by atoms with Crippen LogP contribution in [0.15, 0.2) is 47.4 Å². The molecule has 2 N–H and O–H groups in total. The van der Waals surface area contributed by atoms with E-state index in [1.807, 2.05) is 12.1 Å². The Morgan fingerprint density at radius 1 is 1.27 bits per heavy atom. The fourth-order valence-electron chi connectivity index (χ4n) is 3.64. The lowest BCUT2D eigenvalue weighted by molar-refractivity contribution is 0.112. The number of carbonyl (C=O) groups is 1. The van der Waals surface area contributed by atoms with E-state index in [2.05, 4.69) is 43.4 Å². The molecule has 1 aliphatic heterocycles. The van der Waals surface area contributed by atoms with Crippen LogP contribution in [0.2, 0.25) is 0 Å². The van der Waals surface area contributed by atoms with Gasteiger partial charge in [0.25, 0.3) is 0 Å². The van der Waals surface area contributed by atoms with Gasteiger partial charge in [0.2, 0.25) is 0 Å². The van der Waals surface area contributed by atoms with Gasteiger partial charge in [0, 0.05) is 16.2 Å². The zero-order valence-electron chi connectivity index (χ0n) is 15.5. The highest BCUT2D eigenvalue weighted by molar-refractivity contribution is 7.99. The van der Waals surface area contributed by atoms with Gasteiger partial charge in [0.1, 0.15) is 5.75 Å². The van der Waals surface area contributed by atoms with E-state index in [0.29, 0.717) is 5.56 Å². The first-order chi connectivity index (χ1) is 12.6. The first kappa shape index (κ1) is 19.0. The molecule has 2 aromatic carbocycles. The first-order valence-electron chi connectivity index (χ1n) is 9.40. The van der Waals surface area contributed by atoms with Gasteiger partial charge < -0.3 is 5.11 Å². The van der Waals surface area contributed by atoms with Crippen molar-refractivity contribution in [2.75, 3.05) is 5.75 Å². The third kappa shape index (κ3) is 3.81. The molecule has 3 rings (SSSR count). The van der Waals surface area contributed by atoms with Gasteiger partial charge >= 0.3 is 0 Å². The van der Waals surface area contributed by atoms with Gasteiger partial charge in [-0.2, -0.15) is 0 Å². The monoisotopic (exact) mass is 369 g/mol. The van der Waals surface area contributed by atoms with Crippen molar-refractivity contribution in [2.24, 2.45) is 0 Å². The number of carbonyl (C=O) groups excluding carboxylic acids is 1. The Hall–Kier alpha value is -1.78. The van der Waals surface area contributed by atoms with E-state index in [4.69, 9.17) is 0 Å². The lowest BCUT2D eigenvalue weighted by atomic mass is 9.87. The number of nitrogens with one attached hydrogen (secondary N) is 1. The fraction of sp³-hybridized carbons (Fsp3) is 0.409. The maximum atomic E-state index is 11.4. The van der Waals surface area contributed by atoms with Crippen molar-refractivity contribution in [2.45, 2.75) is 56.0 Å². The summed E-state index contributed by atoms with van der Waals surface area (Å²) < 4.78 is 0. The van der Waals surface area contributed by atoms with Gasteiger partial charge in [0.15, 0.2) is 6.29 Å². The van der Waals surface area contributed by atoms with Crippen molar-refractivity contribution in [1.82, 2.24) is 5.32 Å². The molecule has 1 aliphatic rings. The van der Waals surface area contributed by atoms with Crippen LogP contribution >= 0.6 is 11.8 Å². The van der Waals surface area contributed by atoms with E-state index in [1.54, 1.807) is 17.8 Å². The molecule has 0 aliphatic carbocycles. The van der Waals surface area contributed by atoms with Crippen molar-refractivity contribution in [3.63, 3.8) is 0 Å². The third-order valence-electron chi connectivity index (χ3n) is 5.37. The van der Waals surface area contributed by atoms with Gasteiger partial charge in [-0.3, -0.25) is 10.1 Å². The second-order valence-corrected chi connectivity index (χ2v) is 8.10. The minimum atomic E-state index is 0.0114. The van der Waals surface area contributed by atoms with Crippen LogP contribution in [0, 0.1) is 0 Å². The Morgan fingerprint density at radius 2 is 2.04 bits per heavy atom. The minimum Gasteiger partial charge on any atom is -0.507 e. The number of phenolic OH excluding ortho intramolecular Hbond substituents is 1. The molecule has 0 aromatic heterocycles. The van der Waals surface area contributed by atoms with Crippen LogP contribution in [0.5, 0.6) is 5.75 Å². The highest BCUT2D eigenvalue weighted by Crippen LogP contribution is 2.42. The topological polar surface area (TPSA) is 49.3 Å². The summed E-state index contributed by atoms with van der Waals surface area (Å²) in [5.74, 6) is 1.02. The normalized spacial score (nSPS) is 22.5. The number of thioether (sulfide) groups is 1. The lowest BCUT2D eigenvalue weighted by Crippen LogP contribution is -2.48. The van der Waals surface area contributed by atoms with E-state index in [-0.39, 0.29) is 17.3 Å². The molecule has 0 spiro atoms.